The topological polar surface area (TPSA) is 68.8 Å². The van der Waals surface area contributed by atoms with E-state index in [4.69, 9.17) is 14.2 Å². The average molecular weight is 449 g/mol. The van der Waals surface area contributed by atoms with E-state index in [1.807, 2.05) is 73.7 Å². The molecule has 6 heteroatoms. The number of carbonyl (C=O) groups excluding carboxylic acids is 1. The zero-order valence-electron chi connectivity index (χ0n) is 19.1. The second-order valence-electron chi connectivity index (χ2n) is 7.38. The summed E-state index contributed by atoms with van der Waals surface area (Å²) in [6.45, 7) is 4.26. The second kappa shape index (κ2) is 13.8. The van der Waals surface area contributed by atoms with Gasteiger partial charge in [-0.3, -0.25) is 4.79 Å². The van der Waals surface area contributed by atoms with E-state index in [0.717, 1.165) is 18.5 Å². The monoisotopic (exact) mass is 448 g/mol. The highest BCUT2D eigenvalue weighted by Crippen LogP contribution is 2.25. The third-order valence-corrected chi connectivity index (χ3v) is 4.89. The lowest BCUT2D eigenvalue weighted by Gasteiger charge is -2.15. The fourth-order valence-electron chi connectivity index (χ4n) is 3.26. The molecule has 0 aliphatic heterocycles. The molecule has 0 radical (unpaired) electrons. The van der Waals surface area contributed by atoms with Crippen LogP contribution in [0.2, 0.25) is 0 Å². The van der Waals surface area contributed by atoms with Crippen molar-refractivity contribution in [2.75, 3.05) is 43.6 Å². The SMILES string of the molecule is CCOCCOc1ccccc1NCC(=O)Nc1ccccc1OCCCc1ccccc1. The summed E-state index contributed by atoms with van der Waals surface area (Å²) in [5.41, 5.74) is 2.70. The maximum atomic E-state index is 12.6. The lowest BCUT2D eigenvalue weighted by atomic mass is 10.1. The van der Waals surface area contributed by atoms with Crippen LogP contribution in [0.15, 0.2) is 78.9 Å². The zero-order chi connectivity index (χ0) is 23.1. The molecule has 2 N–H and O–H groups in total. The van der Waals surface area contributed by atoms with Gasteiger partial charge in [0.25, 0.3) is 0 Å². The molecule has 0 bridgehead atoms. The van der Waals surface area contributed by atoms with Crippen molar-refractivity contribution in [3.05, 3.63) is 84.4 Å². The van der Waals surface area contributed by atoms with Crippen molar-refractivity contribution in [1.29, 1.82) is 0 Å². The third kappa shape index (κ3) is 8.50. The first-order valence-electron chi connectivity index (χ1n) is 11.4. The van der Waals surface area contributed by atoms with Crippen LogP contribution in [0.1, 0.15) is 18.9 Å². The molecule has 3 rings (SSSR count). The first kappa shape index (κ1) is 24.1. The fraction of sp³-hybridized carbons (Fsp3) is 0.296. The molecule has 0 aliphatic rings. The smallest absolute Gasteiger partial charge is 0.243 e. The normalized spacial score (nSPS) is 10.5. The predicted molar refractivity (Wildman–Crippen MR) is 132 cm³/mol. The summed E-state index contributed by atoms with van der Waals surface area (Å²) in [5, 5.41) is 6.08. The van der Waals surface area contributed by atoms with Crippen LogP contribution in [0.25, 0.3) is 0 Å². The molecule has 33 heavy (non-hydrogen) atoms. The Labute approximate surface area is 195 Å². The summed E-state index contributed by atoms with van der Waals surface area (Å²) in [7, 11) is 0. The molecule has 0 atom stereocenters. The summed E-state index contributed by atoms with van der Waals surface area (Å²) in [6, 6.07) is 25.4. The molecule has 1 amide bonds. The van der Waals surface area contributed by atoms with Crippen molar-refractivity contribution in [1.82, 2.24) is 0 Å². The highest BCUT2D eigenvalue weighted by molar-refractivity contribution is 5.95. The Bertz CT molecular complexity index is 979. The van der Waals surface area contributed by atoms with Gasteiger partial charge in [-0.1, -0.05) is 54.6 Å². The van der Waals surface area contributed by atoms with E-state index >= 15 is 0 Å². The van der Waals surface area contributed by atoms with Gasteiger partial charge in [-0.25, -0.2) is 0 Å². The highest BCUT2D eigenvalue weighted by atomic mass is 16.5. The minimum atomic E-state index is -0.167. The lowest BCUT2D eigenvalue weighted by Crippen LogP contribution is -2.22. The van der Waals surface area contributed by atoms with Crippen molar-refractivity contribution < 1.29 is 19.0 Å². The fourth-order valence-corrected chi connectivity index (χ4v) is 3.26. The van der Waals surface area contributed by atoms with Crippen molar-refractivity contribution in [3.8, 4) is 11.5 Å². The van der Waals surface area contributed by atoms with Crippen LogP contribution in [0.4, 0.5) is 11.4 Å². The molecule has 0 saturated carbocycles. The largest absolute Gasteiger partial charge is 0.491 e. The molecule has 3 aromatic carbocycles. The third-order valence-electron chi connectivity index (χ3n) is 4.89. The van der Waals surface area contributed by atoms with Gasteiger partial charge in [0.15, 0.2) is 0 Å². The Morgan fingerprint density at radius 1 is 0.758 bits per heavy atom. The van der Waals surface area contributed by atoms with Crippen LogP contribution in [-0.2, 0) is 16.0 Å². The molecular formula is C27H32N2O4. The molecule has 0 saturated heterocycles. The summed E-state index contributed by atoms with van der Waals surface area (Å²) in [6.07, 6.45) is 1.85. The molecular weight excluding hydrogens is 416 g/mol. The van der Waals surface area contributed by atoms with E-state index < -0.39 is 0 Å². The van der Waals surface area contributed by atoms with E-state index in [1.165, 1.54) is 5.56 Å². The number of para-hydroxylation sites is 4. The first-order chi connectivity index (χ1) is 16.3. The number of aryl methyl sites for hydroxylation is 1. The lowest BCUT2D eigenvalue weighted by molar-refractivity contribution is -0.114. The standard InChI is InChI=1S/C27H32N2O4/c1-2-31-19-20-33-25-16-8-6-14-23(25)28-21-27(30)29-24-15-7-9-17-26(24)32-18-10-13-22-11-4-3-5-12-22/h3-9,11-12,14-17,28H,2,10,13,18-21H2,1H3,(H,29,30). The Morgan fingerprint density at radius 3 is 2.15 bits per heavy atom. The maximum Gasteiger partial charge on any atom is 0.243 e. The van der Waals surface area contributed by atoms with Crippen molar-refractivity contribution >= 4 is 17.3 Å². The molecule has 0 heterocycles. The number of anilines is 2. The van der Waals surface area contributed by atoms with E-state index in [-0.39, 0.29) is 12.5 Å². The van der Waals surface area contributed by atoms with Crippen LogP contribution < -0.4 is 20.1 Å². The zero-order valence-corrected chi connectivity index (χ0v) is 19.1. The van der Waals surface area contributed by atoms with Gasteiger partial charge in [-0.15, -0.1) is 0 Å². The molecule has 0 spiro atoms. The van der Waals surface area contributed by atoms with Crippen LogP contribution in [0, 0.1) is 0 Å². The number of carbonyl (C=O) groups is 1. The van der Waals surface area contributed by atoms with E-state index in [1.54, 1.807) is 0 Å². The van der Waals surface area contributed by atoms with Gasteiger partial charge in [-0.2, -0.15) is 0 Å². The van der Waals surface area contributed by atoms with Crippen LogP contribution in [0.5, 0.6) is 11.5 Å². The van der Waals surface area contributed by atoms with Gasteiger partial charge in [-0.05, 0) is 49.6 Å². The molecule has 3 aromatic rings. The van der Waals surface area contributed by atoms with Gasteiger partial charge in [0.2, 0.25) is 5.91 Å². The quantitative estimate of drug-likeness (QED) is 0.333. The van der Waals surface area contributed by atoms with Crippen LogP contribution in [-0.4, -0.2) is 38.9 Å². The number of benzene rings is 3. The minimum absolute atomic E-state index is 0.105. The first-order valence-corrected chi connectivity index (χ1v) is 11.4. The number of amides is 1. The van der Waals surface area contributed by atoms with Crippen LogP contribution in [0.3, 0.4) is 0 Å². The van der Waals surface area contributed by atoms with Gasteiger partial charge < -0.3 is 24.8 Å². The van der Waals surface area contributed by atoms with Gasteiger partial charge >= 0.3 is 0 Å². The molecule has 0 aliphatic carbocycles. The number of hydrogen-bond acceptors (Lipinski definition) is 5. The minimum Gasteiger partial charge on any atom is -0.491 e. The number of hydrogen-bond donors (Lipinski definition) is 2. The van der Waals surface area contributed by atoms with Crippen LogP contribution >= 0.6 is 0 Å². The van der Waals surface area contributed by atoms with Crippen molar-refractivity contribution in [3.63, 3.8) is 0 Å². The van der Waals surface area contributed by atoms with Gasteiger partial charge in [0.1, 0.15) is 18.1 Å². The Hall–Kier alpha value is -3.51. The Kier molecular flexibility index (Phi) is 10.1. The van der Waals surface area contributed by atoms with Gasteiger partial charge in [0.05, 0.1) is 31.1 Å². The molecule has 0 fully saturated rings. The van der Waals surface area contributed by atoms with Crippen molar-refractivity contribution in [2.24, 2.45) is 0 Å². The second-order valence-corrected chi connectivity index (χ2v) is 7.38. The van der Waals surface area contributed by atoms with Gasteiger partial charge in [0, 0.05) is 6.61 Å². The number of ether oxygens (including phenoxy) is 3. The molecule has 174 valence electrons. The average Bonchev–Trinajstić information content (AvgIpc) is 2.85. The Morgan fingerprint density at radius 2 is 1.39 bits per heavy atom. The molecule has 0 aromatic heterocycles. The summed E-state index contributed by atoms with van der Waals surface area (Å²) < 4.78 is 17.0. The van der Waals surface area contributed by atoms with E-state index in [9.17, 15) is 4.79 Å². The highest BCUT2D eigenvalue weighted by Gasteiger charge is 2.09. The maximum absolute atomic E-state index is 12.6. The van der Waals surface area contributed by atoms with Crippen molar-refractivity contribution in [2.45, 2.75) is 19.8 Å². The Balaban J connectivity index is 1.47. The molecule has 0 unspecified atom stereocenters. The summed E-state index contributed by atoms with van der Waals surface area (Å²) in [5.74, 6) is 1.19. The summed E-state index contributed by atoms with van der Waals surface area (Å²) >= 11 is 0. The molecule has 6 nitrogen and oxygen atoms in total. The number of rotatable bonds is 14. The number of nitrogens with one attached hydrogen (secondary N) is 2. The predicted octanol–water partition coefficient (Wildman–Crippen LogP) is 5.16. The van der Waals surface area contributed by atoms with E-state index in [0.29, 0.717) is 43.6 Å². The summed E-state index contributed by atoms with van der Waals surface area (Å²) in [4.78, 5) is 12.6. The van der Waals surface area contributed by atoms with E-state index in [2.05, 4.69) is 22.8 Å².